The summed E-state index contributed by atoms with van der Waals surface area (Å²) in [6, 6.07) is 3.64. The molecule has 2 rings (SSSR count). The van der Waals surface area contributed by atoms with Gasteiger partial charge in [-0.2, -0.15) is 0 Å². The van der Waals surface area contributed by atoms with Crippen LogP contribution in [0.15, 0.2) is 18.2 Å². The standard InChI is InChI=1S/C13H17F2NO/c14-12-4-3-11(8-13(12)15)17-7-5-10-2-1-6-16-9-10/h3-4,8,10,16H,1-2,5-7,9H2. The summed E-state index contributed by atoms with van der Waals surface area (Å²) in [4.78, 5) is 0. The highest BCUT2D eigenvalue weighted by Crippen LogP contribution is 2.18. The van der Waals surface area contributed by atoms with Crippen molar-refractivity contribution in [2.75, 3.05) is 19.7 Å². The second-order valence-corrected chi connectivity index (χ2v) is 4.43. The SMILES string of the molecule is Fc1ccc(OCCC2CCCNC2)cc1F. The molecule has 0 aliphatic carbocycles. The van der Waals surface area contributed by atoms with E-state index in [0.717, 1.165) is 31.6 Å². The van der Waals surface area contributed by atoms with Crippen molar-refractivity contribution in [2.45, 2.75) is 19.3 Å². The van der Waals surface area contributed by atoms with Gasteiger partial charge < -0.3 is 10.1 Å². The summed E-state index contributed by atoms with van der Waals surface area (Å²) in [5, 5.41) is 3.33. The van der Waals surface area contributed by atoms with Gasteiger partial charge >= 0.3 is 0 Å². The van der Waals surface area contributed by atoms with Crippen molar-refractivity contribution in [1.29, 1.82) is 0 Å². The minimum atomic E-state index is -0.859. The molecule has 2 nitrogen and oxygen atoms in total. The lowest BCUT2D eigenvalue weighted by atomic mass is 9.97. The zero-order valence-electron chi connectivity index (χ0n) is 9.72. The Hall–Kier alpha value is -1.16. The van der Waals surface area contributed by atoms with Crippen LogP contribution in [-0.2, 0) is 0 Å². The molecule has 4 heteroatoms. The fourth-order valence-corrected chi connectivity index (χ4v) is 2.08. The van der Waals surface area contributed by atoms with Crippen molar-refractivity contribution in [3.8, 4) is 5.75 Å². The van der Waals surface area contributed by atoms with E-state index in [0.29, 0.717) is 18.3 Å². The molecule has 94 valence electrons. The van der Waals surface area contributed by atoms with Crippen molar-refractivity contribution in [3.63, 3.8) is 0 Å². The van der Waals surface area contributed by atoms with E-state index in [1.165, 1.54) is 18.9 Å². The molecule has 0 spiro atoms. The number of piperidine rings is 1. The van der Waals surface area contributed by atoms with Crippen LogP contribution >= 0.6 is 0 Å². The molecule has 0 aromatic heterocycles. The van der Waals surface area contributed by atoms with Gasteiger partial charge in [0, 0.05) is 6.07 Å². The molecule has 1 atom stereocenters. The molecule has 0 saturated carbocycles. The first kappa shape index (κ1) is 12.3. The first-order valence-electron chi connectivity index (χ1n) is 6.04. The summed E-state index contributed by atoms with van der Waals surface area (Å²) >= 11 is 0. The highest BCUT2D eigenvalue weighted by Gasteiger charge is 2.12. The van der Waals surface area contributed by atoms with E-state index in [-0.39, 0.29) is 0 Å². The van der Waals surface area contributed by atoms with Crippen molar-refractivity contribution in [1.82, 2.24) is 5.32 Å². The maximum Gasteiger partial charge on any atom is 0.162 e. The summed E-state index contributed by atoms with van der Waals surface area (Å²) in [5.74, 6) is -0.669. The number of nitrogens with one attached hydrogen (secondary N) is 1. The fraction of sp³-hybridized carbons (Fsp3) is 0.538. The number of hydrogen-bond acceptors (Lipinski definition) is 2. The van der Waals surface area contributed by atoms with Crippen molar-refractivity contribution in [2.24, 2.45) is 5.92 Å². The van der Waals surface area contributed by atoms with Crippen LogP contribution < -0.4 is 10.1 Å². The van der Waals surface area contributed by atoms with Crippen molar-refractivity contribution in [3.05, 3.63) is 29.8 Å². The summed E-state index contributed by atoms with van der Waals surface area (Å²) in [5.41, 5.74) is 0. The fourth-order valence-electron chi connectivity index (χ4n) is 2.08. The largest absolute Gasteiger partial charge is 0.493 e. The van der Waals surface area contributed by atoms with Crippen LogP contribution in [0, 0.1) is 17.6 Å². The Morgan fingerprint density at radius 2 is 2.18 bits per heavy atom. The van der Waals surface area contributed by atoms with Gasteiger partial charge in [-0.15, -0.1) is 0 Å². The van der Waals surface area contributed by atoms with Gasteiger partial charge in [0.15, 0.2) is 11.6 Å². The number of benzene rings is 1. The van der Waals surface area contributed by atoms with Gasteiger partial charge in [0.2, 0.25) is 0 Å². The summed E-state index contributed by atoms with van der Waals surface area (Å²) in [6.07, 6.45) is 3.37. The van der Waals surface area contributed by atoms with E-state index in [9.17, 15) is 8.78 Å². The molecule has 0 bridgehead atoms. The van der Waals surface area contributed by atoms with Gasteiger partial charge in [-0.25, -0.2) is 8.78 Å². The Kier molecular flexibility index (Phi) is 4.31. The predicted molar refractivity (Wildman–Crippen MR) is 62.1 cm³/mol. The number of rotatable bonds is 4. The van der Waals surface area contributed by atoms with Crippen LogP contribution in [0.25, 0.3) is 0 Å². The average Bonchev–Trinajstić information content (AvgIpc) is 2.35. The molecule has 1 aromatic carbocycles. The molecule has 17 heavy (non-hydrogen) atoms. The Balaban J connectivity index is 1.75. The van der Waals surface area contributed by atoms with Crippen molar-refractivity contribution >= 4 is 0 Å². The molecular formula is C13H17F2NO. The monoisotopic (exact) mass is 241 g/mol. The van der Waals surface area contributed by atoms with Gasteiger partial charge in [0.1, 0.15) is 5.75 Å². The molecule has 1 aromatic rings. The first-order chi connectivity index (χ1) is 8.25. The molecule has 1 fully saturated rings. The molecule has 1 unspecified atom stereocenters. The van der Waals surface area contributed by atoms with E-state index < -0.39 is 11.6 Å². The first-order valence-corrected chi connectivity index (χ1v) is 6.04. The van der Waals surface area contributed by atoms with Crippen LogP contribution in [0.1, 0.15) is 19.3 Å². The molecular weight excluding hydrogens is 224 g/mol. The third-order valence-corrected chi connectivity index (χ3v) is 3.08. The minimum Gasteiger partial charge on any atom is -0.493 e. The zero-order chi connectivity index (χ0) is 12.1. The van der Waals surface area contributed by atoms with Gasteiger partial charge in [-0.05, 0) is 50.4 Å². The number of ether oxygens (including phenoxy) is 1. The van der Waals surface area contributed by atoms with Crippen LogP contribution in [0.5, 0.6) is 5.75 Å². The lowest BCUT2D eigenvalue weighted by molar-refractivity contribution is 0.253. The lowest BCUT2D eigenvalue weighted by Crippen LogP contribution is -2.30. The normalized spacial score (nSPS) is 20.2. The summed E-state index contributed by atoms with van der Waals surface area (Å²) in [6.45, 7) is 2.68. The van der Waals surface area contributed by atoms with Gasteiger partial charge in [-0.1, -0.05) is 0 Å². The third kappa shape index (κ3) is 3.66. The zero-order valence-corrected chi connectivity index (χ0v) is 9.72. The Bertz CT molecular complexity index is 364. The highest BCUT2D eigenvalue weighted by atomic mass is 19.2. The van der Waals surface area contributed by atoms with Crippen LogP contribution in [0.3, 0.4) is 0 Å². The summed E-state index contributed by atoms with van der Waals surface area (Å²) in [7, 11) is 0. The topological polar surface area (TPSA) is 21.3 Å². The predicted octanol–water partition coefficient (Wildman–Crippen LogP) is 2.73. The highest BCUT2D eigenvalue weighted by molar-refractivity contribution is 5.23. The van der Waals surface area contributed by atoms with Gasteiger partial charge in [-0.3, -0.25) is 0 Å². The third-order valence-electron chi connectivity index (χ3n) is 3.08. The molecule has 1 N–H and O–H groups in total. The second-order valence-electron chi connectivity index (χ2n) is 4.43. The molecule has 1 aliphatic heterocycles. The molecule has 0 amide bonds. The van der Waals surface area contributed by atoms with E-state index in [1.54, 1.807) is 0 Å². The van der Waals surface area contributed by atoms with E-state index in [2.05, 4.69) is 5.32 Å². The quantitative estimate of drug-likeness (QED) is 0.875. The molecule has 1 aliphatic rings. The van der Waals surface area contributed by atoms with Crippen LogP contribution in [0.4, 0.5) is 8.78 Å². The maximum absolute atomic E-state index is 12.9. The van der Waals surface area contributed by atoms with Crippen LogP contribution in [-0.4, -0.2) is 19.7 Å². The molecule has 1 saturated heterocycles. The summed E-state index contributed by atoms with van der Waals surface area (Å²) < 4.78 is 31.0. The number of halogens is 2. The van der Waals surface area contributed by atoms with Crippen molar-refractivity contribution < 1.29 is 13.5 Å². The van der Waals surface area contributed by atoms with E-state index >= 15 is 0 Å². The Morgan fingerprint density at radius 1 is 1.29 bits per heavy atom. The average molecular weight is 241 g/mol. The molecule has 0 radical (unpaired) electrons. The van der Waals surface area contributed by atoms with Gasteiger partial charge in [0.05, 0.1) is 6.61 Å². The number of hydrogen-bond donors (Lipinski definition) is 1. The maximum atomic E-state index is 12.9. The van der Waals surface area contributed by atoms with Crippen LogP contribution in [0.2, 0.25) is 0 Å². The van der Waals surface area contributed by atoms with E-state index in [1.807, 2.05) is 0 Å². The van der Waals surface area contributed by atoms with Gasteiger partial charge in [0.25, 0.3) is 0 Å². The second kappa shape index (κ2) is 5.96. The minimum absolute atomic E-state index is 0.396. The Morgan fingerprint density at radius 3 is 2.88 bits per heavy atom. The lowest BCUT2D eigenvalue weighted by Gasteiger charge is -2.22. The molecule has 1 heterocycles. The Labute approximate surface area is 100.0 Å². The van der Waals surface area contributed by atoms with E-state index in [4.69, 9.17) is 4.74 Å². The smallest absolute Gasteiger partial charge is 0.162 e.